The van der Waals surface area contributed by atoms with Crippen LogP contribution >= 0.6 is 11.6 Å². The van der Waals surface area contributed by atoms with Crippen molar-refractivity contribution in [3.05, 3.63) is 113 Å². The molecule has 4 aromatic carbocycles. The molecule has 0 saturated heterocycles. The van der Waals surface area contributed by atoms with Crippen LogP contribution in [0.5, 0.6) is 5.75 Å². The van der Waals surface area contributed by atoms with Crippen LogP contribution in [-0.2, 0) is 6.61 Å². The molecule has 40 heavy (non-hydrogen) atoms. The maximum atomic E-state index is 13.1. The lowest BCUT2D eigenvalue weighted by Crippen LogP contribution is -2.33. The van der Waals surface area contributed by atoms with E-state index in [0.29, 0.717) is 23.1 Å². The zero-order chi connectivity index (χ0) is 28.1. The minimum Gasteiger partial charge on any atom is -0.489 e. The second-order valence-corrected chi connectivity index (χ2v) is 11.6. The summed E-state index contributed by atoms with van der Waals surface area (Å²) in [6.45, 7) is 4.38. The number of ether oxygens (including phenoxy) is 1. The predicted molar refractivity (Wildman–Crippen MR) is 166 cm³/mol. The minimum absolute atomic E-state index is 0.000102. The quantitative estimate of drug-likeness (QED) is 0.218. The predicted octanol–water partition coefficient (Wildman–Crippen LogP) is 9.78. The highest BCUT2D eigenvalue weighted by Gasteiger charge is 2.19. The molecule has 4 aromatic rings. The number of amides is 1. The Kier molecular flexibility index (Phi) is 8.91. The summed E-state index contributed by atoms with van der Waals surface area (Å²) in [5.74, 6) is 1.45. The molecule has 1 fully saturated rings. The number of rotatable bonds is 8. The lowest BCUT2D eigenvalue weighted by Gasteiger charge is -2.24. The molecule has 0 aliphatic heterocycles. The van der Waals surface area contributed by atoms with Gasteiger partial charge in [-0.3, -0.25) is 4.79 Å². The number of hydrogen-bond donors (Lipinski definition) is 0. The van der Waals surface area contributed by atoms with Gasteiger partial charge in [-0.25, -0.2) is 0 Å². The van der Waals surface area contributed by atoms with Crippen molar-refractivity contribution >= 4 is 17.5 Å². The van der Waals surface area contributed by atoms with Gasteiger partial charge in [0.2, 0.25) is 0 Å². The van der Waals surface area contributed by atoms with Crippen molar-refractivity contribution in [1.29, 1.82) is 0 Å². The SMILES string of the molecule is CC(C)N(C)C(=O)c1ccc(-c2ccc(Cl)cc2)c(COc2ccc(-c3ccccc3C3CCCCC3)cc2)c1. The topological polar surface area (TPSA) is 29.5 Å². The van der Waals surface area contributed by atoms with Crippen LogP contribution < -0.4 is 4.74 Å². The van der Waals surface area contributed by atoms with E-state index in [1.807, 2.05) is 63.4 Å². The van der Waals surface area contributed by atoms with Crippen molar-refractivity contribution in [3.63, 3.8) is 0 Å². The number of carbonyl (C=O) groups excluding carboxylic acids is 1. The van der Waals surface area contributed by atoms with Crippen LogP contribution in [0.1, 0.15) is 73.4 Å². The molecule has 206 valence electrons. The molecule has 1 aliphatic carbocycles. The normalized spacial score (nSPS) is 13.8. The zero-order valence-electron chi connectivity index (χ0n) is 23.7. The monoisotopic (exact) mass is 551 g/mol. The first-order valence-electron chi connectivity index (χ1n) is 14.4. The Balaban J connectivity index is 1.38. The second kappa shape index (κ2) is 12.7. The summed E-state index contributed by atoms with van der Waals surface area (Å²) in [5.41, 5.74) is 7.69. The highest BCUT2D eigenvalue weighted by atomic mass is 35.5. The molecule has 1 aliphatic rings. The van der Waals surface area contributed by atoms with Crippen LogP contribution in [0.25, 0.3) is 22.3 Å². The Hall–Kier alpha value is -3.56. The van der Waals surface area contributed by atoms with Gasteiger partial charge in [-0.2, -0.15) is 0 Å². The van der Waals surface area contributed by atoms with Crippen molar-refractivity contribution in [2.24, 2.45) is 0 Å². The summed E-state index contributed by atoms with van der Waals surface area (Å²) in [5, 5.41) is 0.692. The maximum Gasteiger partial charge on any atom is 0.253 e. The van der Waals surface area contributed by atoms with E-state index in [1.165, 1.54) is 48.8 Å². The van der Waals surface area contributed by atoms with E-state index >= 15 is 0 Å². The average Bonchev–Trinajstić information content (AvgIpc) is 3.00. The molecule has 0 spiro atoms. The first-order valence-corrected chi connectivity index (χ1v) is 14.8. The Labute approximate surface area is 243 Å². The third-order valence-corrected chi connectivity index (χ3v) is 8.42. The Morgan fingerprint density at radius 2 is 1.50 bits per heavy atom. The summed E-state index contributed by atoms with van der Waals surface area (Å²) in [6.07, 6.45) is 6.57. The average molecular weight is 552 g/mol. The van der Waals surface area contributed by atoms with E-state index in [0.717, 1.165) is 22.4 Å². The zero-order valence-corrected chi connectivity index (χ0v) is 24.5. The molecule has 0 unspecified atom stereocenters. The maximum absolute atomic E-state index is 13.1. The van der Waals surface area contributed by atoms with Gasteiger partial charge in [0.05, 0.1) is 0 Å². The highest BCUT2D eigenvalue weighted by Crippen LogP contribution is 2.38. The lowest BCUT2D eigenvalue weighted by atomic mass is 9.81. The fourth-order valence-corrected chi connectivity index (χ4v) is 5.74. The number of benzene rings is 4. The van der Waals surface area contributed by atoms with Crippen LogP contribution in [-0.4, -0.2) is 23.9 Å². The molecule has 0 heterocycles. The van der Waals surface area contributed by atoms with Gasteiger partial charge in [0.15, 0.2) is 0 Å². The molecule has 0 N–H and O–H groups in total. The Bertz CT molecular complexity index is 1440. The molecule has 0 bridgehead atoms. The van der Waals surface area contributed by atoms with Crippen LogP contribution in [0.3, 0.4) is 0 Å². The molecule has 4 heteroatoms. The third kappa shape index (κ3) is 6.42. The second-order valence-electron chi connectivity index (χ2n) is 11.1. The van der Waals surface area contributed by atoms with E-state index in [1.54, 1.807) is 4.90 Å². The Morgan fingerprint density at radius 3 is 2.20 bits per heavy atom. The summed E-state index contributed by atoms with van der Waals surface area (Å²) < 4.78 is 6.31. The fraction of sp³-hybridized carbons (Fsp3) is 0.306. The van der Waals surface area contributed by atoms with Gasteiger partial charge in [0.25, 0.3) is 5.91 Å². The molecule has 0 radical (unpaired) electrons. The minimum atomic E-state index is -0.000102. The first-order chi connectivity index (χ1) is 19.4. The van der Waals surface area contributed by atoms with Gasteiger partial charge >= 0.3 is 0 Å². The summed E-state index contributed by atoms with van der Waals surface area (Å²) in [7, 11) is 1.84. The molecule has 1 amide bonds. The fourth-order valence-electron chi connectivity index (χ4n) is 5.62. The van der Waals surface area contributed by atoms with Crippen molar-refractivity contribution in [1.82, 2.24) is 4.90 Å². The largest absolute Gasteiger partial charge is 0.489 e. The molecule has 5 rings (SSSR count). The van der Waals surface area contributed by atoms with E-state index < -0.39 is 0 Å². The van der Waals surface area contributed by atoms with E-state index in [9.17, 15) is 4.79 Å². The van der Waals surface area contributed by atoms with Crippen molar-refractivity contribution < 1.29 is 9.53 Å². The van der Waals surface area contributed by atoms with E-state index in [-0.39, 0.29) is 11.9 Å². The van der Waals surface area contributed by atoms with Gasteiger partial charge in [-0.05, 0) is 102 Å². The smallest absolute Gasteiger partial charge is 0.253 e. The van der Waals surface area contributed by atoms with Gasteiger partial charge < -0.3 is 9.64 Å². The van der Waals surface area contributed by atoms with Gasteiger partial charge in [-0.15, -0.1) is 0 Å². The van der Waals surface area contributed by atoms with Gasteiger partial charge in [-0.1, -0.05) is 85.5 Å². The van der Waals surface area contributed by atoms with Crippen LogP contribution in [0.4, 0.5) is 0 Å². The summed E-state index contributed by atoms with van der Waals surface area (Å²) >= 11 is 6.15. The highest BCUT2D eigenvalue weighted by molar-refractivity contribution is 6.30. The van der Waals surface area contributed by atoms with E-state index in [2.05, 4.69) is 48.5 Å². The van der Waals surface area contributed by atoms with Crippen molar-refractivity contribution in [3.8, 4) is 28.0 Å². The van der Waals surface area contributed by atoms with Gasteiger partial charge in [0.1, 0.15) is 12.4 Å². The van der Waals surface area contributed by atoms with Crippen LogP contribution in [0.15, 0.2) is 91.0 Å². The summed E-state index contributed by atoms with van der Waals surface area (Å²) in [4.78, 5) is 14.8. The first kappa shape index (κ1) is 28.0. The number of nitrogens with zero attached hydrogens (tertiary/aromatic N) is 1. The molecule has 3 nitrogen and oxygen atoms in total. The van der Waals surface area contributed by atoms with Crippen molar-refractivity contribution in [2.75, 3.05) is 7.05 Å². The molecular formula is C36H38ClNO2. The standard InChI is InChI=1S/C36H38ClNO2/c1-25(2)38(3)36(39)29-17-22-33(27-13-18-31(37)19-14-27)30(23-29)24-40-32-20-15-28(16-21-32)35-12-8-7-11-34(35)26-9-5-4-6-10-26/h7-8,11-23,25-26H,4-6,9-10,24H2,1-3H3. The van der Waals surface area contributed by atoms with Crippen molar-refractivity contribution in [2.45, 2.75) is 64.5 Å². The molecular weight excluding hydrogens is 514 g/mol. The molecule has 0 atom stereocenters. The van der Waals surface area contributed by atoms with Crippen LogP contribution in [0.2, 0.25) is 5.02 Å². The van der Waals surface area contributed by atoms with Gasteiger partial charge in [0, 0.05) is 23.7 Å². The van der Waals surface area contributed by atoms with Crippen LogP contribution in [0, 0.1) is 0 Å². The number of halogens is 1. The lowest BCUT2D eigenvalue weighted by molar-refractivity contribution is 0.0755. The number of hydrogen-bond acceptors (Lipinski definition) is 2. The third-order valence-electron chi connectivity index (χ3n) is 8.17. The number of carbonyl (C=O) groups is 1. The molecule has 0 aromatic heterocycles. The summed E-state index contributed by atoms with van der Waals surface area (Å²) in [6, 6.07) is 31.0. The Morgan fingerprint density at radius 1 is 0.850 bits per heavy atom. The van der Waals surface area contributed by atoms with E-state index in [4.69, 9.17) is 16.3 Å². The molecule has 1 saturated carbocycles.